The fraction of sp³-hybridized carbons (Fsp3) is 0.583. The van der Waals surface area contributed by atoms with Crippen molar-refractivity contribution in [3.05, 3.63) is 32.6 Å². The maximum atomic E-state index is 11.8. The second-order valence-corrected chi connectivity index (χ2v) is 6.14. The Morgan fingerprint density at radius 3 is 2.89 bits per heavy atom. The van der Waals surface area contributed by atoms with Crippen LogP contribution in [0, 0.1) is 0 Å². The van der Waals surface area contributed by atoms with Gasteiger partial charge in [-0.15, -0.1) is 0 Å². The second kappa shape index (κ2) is 5.64. The number of carbonyl (C=O) groups is 1. The lowest BCUT2D eigenvalue weighted by Crippen LogP contribution is -2.34. The number of carboxylic acids is 1. The Bertz CT molecular complexity index is 592. The van der Waals surface area contributed by atoms with Crippen molar-refractivity contribution in [1.82, 2.24) is 9.55 Å². The van der Waals surface area contributed by atoms with Gasteiger partial charge < -0.3 is 5.11 Å². The molecule has 1 heterocycles. The van der Waals surface area contributed by atoms with E-state index in [1.807, 2.05) is 11.8 Å². The molecule has 1 saturated carbocycles. The van der Waals surface area contributed by atoms with Crippen molar-refractivity contribution in [2.45, 2.75) is 37.5 Å². The van der Waals surface area contributed by atoms with Gasteiger partial charge in [-0.05, 0) is 25.0 Å². The van der Waals surface area contributed by atoms with Crippen molar-refractivity contribution >= 4 is 17.7 Å². The highest BCUT2D eigenvalue weighted by Crippen LogP contribution is 2.36. The SMILES string of the molecule is CCSC1CCC(n2cc(C(=O)O)c(=O)[nH]c2=O)C1. The van der Waals surface area contributed by atoms with Gasteiger partial charge >= 0.3 is 11.7 Å². The zero-order chi connectivity index (χ0) is 14.0. The molecule has 1 fully saturated rings. The van der Waals surface area contributed by atoms with E-state index in [2.05, 4.69) is 11.9 Å². The smallest absolute Gasteiger partial charge is 0.342 e. The van der Waals surface area contributed by atoms with Gasteiger partial charge in [-0.2, -0.15) is 11.8 Å². The van der Waals surface area contributed by atoms with Gasteiger partial charge in [0.05, 0.1) is 0 Å². The summed E-state index contributed by atoms with van der Waals surface area (Å²) in [7, 11) is 0. The maximum absolute atomic E-state index is 11.8. The highest BCUT2D eigenvalue weighted by Gasteiger charge is 2.27. The molecule has 19 heavy (non-hydrogen) atoms. The number of thioether (sulfide) groups is 1. The lowest BCUT2D eigenvalue weighted by Gasteiger charge is -2.14. The van der Waals surface area contributed by atoms with Crippen LogP contribution in [-0.2, 0) is 0 Å². The van der Waals surface area contributed by atoms with Crippen molar-refractivity contribution in [2.75, 3.05) is 5.75 Å². The highest BCUT2D eigenvalue weighted by molar-refractivity contribution is 7.99. The molecule has 1 aromatic heterocycles. The Balaban J connectivity index is 2.31. The van der Waals surface area contributed by atoms with E-state index in [0.717, 1.165) is 25.0 Å². The largest absolute Gasteiger partial charge is 0.477 e. The topological polar surface area (TPSA) is 92.2 Å². The lowest BCUT2D eigenvalue weighted by atomic mass is 10.2. The molecule has 6 nitrogen and oxygen atoms in total. The molecule has 0 aliphatic heterocycles. The van der Waals surface area contributed by atoms with Crippen LogP contribution in [0.15, 0.2) is 15.8 Å². The summed E-state index contributed by atoms with van der Waals surface area (Å²) < 4.78 is 1.36. The van der Waals surface area contributed by atoms with E-state index in [1.165, 1.54) is 10.8 Å². The van der Waals surface area contributed by atoms with Crippen molar-refractivity contribution in [1.29, 1.82) is 0 Å². The molecule has 2 unspecified atom stereocenters. The zero-order valence-electron chi connectivity index (χ0n) is 10.6. The Labute approximate surface area is 113 Å². The predicted octanol–water partition coefficient (Wildman–Crippen LogP) is 1.08. The minimum absolute atomic E-state index is 0.0218. The van der Waals surface area contributed by atoms with Crippen LogP contribution in [-0.4, -0.2) is 31.6 Å². The molecule has 2 atom stereocenters. The molecule has 1 aliphatic rings. The number of nitrogens with one attached hydrogen (secondary N) is 1. The Hall–Kier alpha value is -1.50. The molecule has 7 heteroatoms. The van der Waals surface area contributed by atoms with E-state index in [1.54, 1.807) is 0 Å². The summed E-state index contributed by atoms with van der Waals surface area (Å²) in [6.45, 7) is 2.09. The van der Waals surface area contributed by atoms with Crippen molar-refractivity contribution < 1.29 is 9.90 Å². The van der Waals surface area contributed by atoms with Crippen LogP contribution in [0.3, 0.4) is 0 Å². The fourth-order valence-electron chi connectivity index (χ4n) is 2.47. The number of hydrogen-bond acceptors (Lipinski definition) is 4. The summed E-state index contributed by atoms with van der Waals surface area (Å²) in [6.07, 6.45) is 3.86. The summed E-state index contributed by atoms with van der Waals surface area (Å²) in [6, 6.07) is -0.0218. The number of nitrogens with zero attached hydrogens (tertiary/aromatic N) is 1. The monoisotopic (exact) mass is 284 g/mol. The van der Waals surface area contributed by atoms with Crippen LogP contribution in [0.2, 0.25) is 0 Å². The van der Waals surface area contributed by atoms with Gasteiger partial charge in [0.15, 0.2) is 0 Å². The highest BCUT2D eigenvalue weighted by atomic mass is 32.2. The molecule has 0 aromatic carbocycles. The quantitative estimate of drug-likeness (QED) is 0.863. The molecule has 0 radical (unpaired) electrons. The molecule has 2 rings (SSSR count). The van der Waals surface area contributed by atoms with Crippen molar-refractivity contribution in [3.63, 3.8) is 0 Å². The molecule has 2 N–H and O–H groups in total. The van der Waals surface area contributed by atoms with Crippen LogP contribution in [0.5, 0.6) is 0 Å². The molecular formula is C12H16N2O4S. The molecule has 0 bridgehead atoms. The van der Waals surface area contributed by atoms with E-state index in [4.69, 9.17) is 5.11 Å². The van der Waals surface area contributed by atoms with Gasteiger partial charge in [0.2, 0.25) is 0 Å². The first-order valence-electron chi connectivity index (χ1n) is 6.23. The lowest BCUT2D eigenvalue weighted by molar-refractivity contribution is 0.0693. The van der Waals surface area contributed by atoms with E-state index >= 15 is 0 Å². The van der Waals surface area contributed by atoms with E-state index in [0.29, 0.717) is 5.25 Å². The summed E-state index contributed by atoms with van der Waals surface area (Å²) in [5.41, 5.74) is -1.75. The van der Waals surface area contributed by atoms with Gasteiger partial charge in [0.1, 0.15) is 5.56 Å². The third-order valence-electron chi connectivity index (χ3n) is 3.35. The zero-order valence-corrected chi connectivity index (χ0v) is 11.4. The van der Waals surface area contributed by atoms with Crippen LogP contribution < -0.4 is 11.2 Å². The van der Waals surface area contributed by atoms with E-state index < -0.39 is 17.2 Å². The first-order chi connectivity index (χ1) is 9.02. The van der Waals surface area contributed by atoms with Gasteiger partial charge in [-0.1, -0.05) is 6.92 Å². The van der Waals surface area contributed by atoms with Crippen molar-refractivity contribution in [2.24, 2.45) is 0 Å². The summed E-state index contributed by atoms with van der Waals surface area (Å²) in [4.78, 5) is 36.1. The van der Waals surface area contributed by atoms with E-state index in [-0.39, 0.29) is 11.6 Å². The van der Waals surface area contributed by atoms with Gasteiger partial charge in [-0.25, -0.2) is 9.59 Å². The average molecular weight is 284 g/mol. The van der Waals surface area contributed by atoms with Gasteiger partial charge in [0.25, 0.3) is 5.56 Å². The number of hydrogen-bond donors (Lipinski definition) is 2. The summed E-state index contributed by atoms with van der Waals surface area (Å²) in [5.74, 6) is -0.286. The summed E-state index contributed by atoms with van der Waals surface area (Å²) >= 11 is 1.85. The molecular weight excluding hydrogens is 268 g/mol. The number of H-pyrrole nitrogens is 1. The van der Waals surface area contributed by atoms with Crippen LogP contribution in [0.4, 0.5) is 0 Å². The predicted molar refractivity (Wildman–Crippen MR) is 73.1 cm³/mol. The Kier molecular flexibility index (Phi) is 4.14. The third kappa shape index (κ3) is 2.91. The van der Waals surface area contributed by atoms with Gasteiger partial charge in [0, 0.05) is 17.5 Å². The van der Waals surface area contributed by atoms with Crippen LogP contribution in [0.1, 0.15) is 42.6 Å². The molecule has 1 aliphatic carbocycles. The number of aromatic amines is 1. The standard InChI is InChI=1S/C12H16N2O4S/c1-2-19-8-4-3-7(5-8)14-6-9(11(16)17)10(15)13-12(14)18/h6-8H,2-5H2,1H3,(H,16,17)(H,13,15,18). The van der Waals surface area contributed by atoms with Gasteiger partial charge in [-0.3, -0.25) is 14.3 Å². The fourth-order valence-corrected chi connectivity index (χ4v) is 3.60. The van der Waals surface area contributed by atoms with Crippen molar-refractivity contribution in [3.8, 4) is 0 Å². The maximum Gasteiger partial charge on any atom is 0.342 e. The summed E-state index contributed by atoms with van der Waals surface area (Å²) in [5, 5.41) is 9.42. The minimum Gasteiger partial charge on any atom is -0.477 e. The molecule has 1 aromatic rings. The average Bonchev–Trinajstić information content (AvgIpc) is 2.77. The first kappa shape index (κ1) is 13.9. The van der Waals surface area contributed by atoms with E-state index in [9.17, 15) is 14.4 Å². The minimum atomic E-state index is -1.31. The van der Waals surface area contributed by atoms with Crippen LogP contribution in [0.25, 0.3) is 0 Å². The number of aromatic nitrogens is 2. The number of aromatic carboxylic acids is 1. The Morgan fingerprint density at radius 2 is 2.26 bits per heavy atom. The number of carboxylic acid groups (broad SMARTS) is 1. The molecule has 104 valence electrons. The number of rotatable bonds is 4. The van der Waals surface area contributed by atoms with Crippen LogP contribution >= 0.6 is 11.8 Å². The Morgan fingerprint density at radius 1 is 1.53 bits per heavy atom. The normalized spacial score (nSPS) is 22.6. The molecule has 0 spiro atoms. The first-order valence-corrected chi connectivity index (χ1v) is 7.28. The molecule has 0 saturated heterocycles. The second-order valence-electron chi connectivity index (χ2n) is 4.56. The third-order valence-corrected chi connectivity index (χ3v) is 4.58. The molecule has 0 amide bonds.